The number of hydrogen-bond acceptors (Lipinski definition) is 3. The molecule has 82 valence electrons. The van der Waals surface area contributed by atoms with Gasteiger partial charge in [-0.3, -0.25) is 0 Å². The van der Waals surface area contributed by atoms with Gasteiger partial charge in [-0.25, -0.2) is 0 Å². The van der Waals surface area contributed by atoms with Gasteiger partial charge in [-0.1, -0.05) is 6.07 Å². The van der Waals surface area contributed by atoms with Crippen molar-refractivity contribution in [1.29, 1.82) is 0 Å². The van der Waals surface area contributed by atoms with Crippen molar-refractivity contribution < 1.29 is 4.79 Å². The number of benzene rings is 1. The number of fused-ring (bicyclic) bond motifs is 1. The predicted octanol–water partition coefficient (Wildman–Crippen LogP) is 2.93. The normalized spacial score (nSPS) is 20.5. The molecule has 1 atom stereocenters. The highest BCUT2D eigenvalue weighted by Gasteiger charge is 2.21. The van der Waals surface area contributed by atoms with Crippen LogP contribution in [0, 0.1) is 5.92 Å². The molecule has 3 heteroatoms. The number of anilines is 1. The number of carbonyl (C=O) groups is 1. The first-order valence-corrected chi connectivity index (χ1v) is 6.42. The molecule has 0 N–H and O–H groups in total. The van der Waals surface area contributed by atoms with Gasteiger partial charge in [-0.05, 0) is 35.4 Å². The monoisotopic (exact) mass is 231 g/mol. The topological polar surface area (TPSA) is 20.3 Å². The minimum Gasteiger partial charge on any atom is -0.371 e. The number of carbonyl (C=O) groups excluding carboxylic acids is 1. The number of hydrogen-bond donors (Lipinski definition) is 0. The Morgan fingerprint density at radius 1 is 1.38 bits per heavy atom. The van der Waals surface area contributed by atoms with Crippen LogP contribution in [0.4, 0.5) is 5.69 Å². The summed E-state index contributed by atoms with van der Waals surface area (Å²) in [6.45, 7) is 1.88. The predicted molar refractivity (Wildman–Crippen MR) is 68.2 cm³/mol. The standard InChI is InChI=1S/C13H13NOS/c15-9-10-3-5-14(8-10)12-2-1-11-4-6-16-13(11)7-12/h1-2,4,6-7,9-10H,3,5,8H2/t10-/m0/s1. The zero-order valence-corrected chi connectivity index (χ0v) is 9.74. The molecule has 1 aliphatic rings. The van der Waals surface area contributed by atoms with Gasteiger partial charge >= 0.3 is 0 Å². The molecule has 0 unspecified atom stereocenters. The molecule has 1 aromatic heterocycles. The Hall–Kier alpha value is -1.35. The second-order valence-electron chi connectivity index (χ2n) is 4.27. The Labute approximate surface area is 98.5 Å². The van der Waals surface area contributed by atoms with Crippen LogP contribution in [0.5, 0.6) is 0 Å². The summed E-state index contributed by atoms with van der Waals surface area (Å²) < 4.78 is 1.33. The van der Waals surface area contributed by atoms with E-state index >= 15 is 0 Å². The first-order valence-electron chi connectivity index (χ1n) is 5.54. The zero-order chi connectivity index (χ0) is 11.0. The smallest absolute Gasteiger partial charge is 0.124 e. The van der Waals surface area contributed by atoms with Crippen LogP contribution in [0.1, 0.15) is 6.42 Å². The largest absolute Gasteiger partial charge is 0.371 e. The summed E-state index contributed by atoms with van der Waals surface area (Å²) in [6.07, 6.45) is 2.08. The molecule has 2 nitrogen and oxygen atoms in total. The first-order chi connectivity index (χ1) is 7.86. The maximum atomic E-state index is 10.7. The highest BCUT2D eigenvalue weighted by atomic mass is 32.1. The third-order valence-electron chi connectivity index (χ3n) is 3.22. The van der Waals surface area contributed by atoms with Crippen molar-refractivity contribution in [2.45, 2.75) is 6.42 Å². The number of rotatable bonds is 2. The van der Waals surface area contributed by atoms with E-state index in [1.54, 1.807) is 11.3 Å². The van der Waals surface area contributed by atoms with Gasteiger partial charge in [0.1, 0.15) is 6.29 Å². The van der Waals surface area contributed by atoms with Gasteiger partial charge in [0.25, 0.3) is 0 Å². The molecule has 16 heavy (non-hydrogen) atoms. The van der Waals surface area contributed by atoms with Gasteiger partial charge in [0, 0.05) is 29.4 Å². The molecule has 1 aromatic carbocycles. The molecular formula is C13H13NOS. The van der Waals surface area contributed by atoms with E-state index in [1.807, 2.05) is 0 Å². The van der Waals surface area contributed by atoms with E-state index < -0.39 is 0 Å². The highest BCUT2D eigenvalue weighted by Crippen LogP contribution is 2.29. The van der Waals surface area contributed by atoms with Gasteiger partial charge in [-0.15, -0.1) is 11.3 Å². The molecule has 0 saturated carbocycles. The van der Waals surface area contributed by atoms with E-state index in [1.165, 1.54) is 15.8 Å². The van der Waals surface area contributed by atoms with E-state index in [0.29, 0.717) is 0 Å². The molecule has 0 bridgehead atoms. The number of nitrogens with zero attached hydrogens (tertiary/aromatic N) is 1. The van der Waals surface area contributed by atoms with Gasteiger partial charge in [-0.2, -0.15) is 0 Å². The molecule has 1 saturated heterocycles. The summed E-state index contributed by atoms with van der Waals surface area (Å²) in [6, 6.07) is 8.69. The van der Waals surface area contributed by atoms with Gasteiger partial charge in [0.15, 0.2) is 0 Å². The van der Waals surface area contributed by atoms with Crippen LogP contribution < -0.4 is 4.90 Å². The lowest BCUT2D eigenvalue weighted by molar-refractivity contribution is -0.110. The minimum atomic E-state index is 0.221. The van der Waals surface area contributed by atoms with Crippen LogP contribution in [0.15, 0.2) is 29.6 Å². The van der Waals surface area contributed by atoms with Crippen LogP contribution >= 0.6 is 11.3 Å². The van der Waals surface area contributed by atoms with Crippen molar-refractivity contribution >= 4 is 33.4 Å². The Kier molecular flexibility index (Phi) is 2.40. The molecule has 0 amide bonds. The Balaban J connectivity index is 1.91. The van der Waals surface area contributed by atoms with E-state index in [4.69, 9.17) is 0 Å². The molecule has 1 fully saturated rings. The van der Waals surface area contributed by atoms with E-state index in [-0.39, 0.29) is 5.92 Å². The lowest BCUT2D eigenvalue weighted by Gasteiger charge is -2.17. The van der Waals surface area contributed by atoms with Crippen LogP contribution in [-0.4, -0.2) is 19.4 Å². The summed E-state index contributed by atoms with van der Waals surface area (Å²) >= 11 is 1.77. The zero-order valence-electron chi connectivity index (χ0n) is 8.93. The number of thiophene rings is 1. The molecule has 0 aliphatic carbocycles. The van der Waals surface area contributed by atoms with Crippen molar-refractivity contribution in [3.05, 3.63) is 29.6 Å². The molecule has 2 heterocycles. The highest BCUT2D eigenvalue weighted by molar-refractivity contribution is 7.17. The van der Waals surface area contributed by atoms with Crippen LogP contribution in [0.25, 0.3) is 10.1 Å². The Bertz CT molecular complexity index is 519. The molecule has 0 spiro atoms. The van der Waals surface area contributed by atoms with Gasteiger partial charge in [0.05, 0.1) is 0 Å². The SMILES string of the molecule is O=C[C@H]1CCN(c2ccc3ccsc3c2)C1. The van der Waals surface area contributed by atoms with Crippen LogP contribution in [0.3, 0.4) is 0 Å². The summed E-state index contributed by atoms with van der Waals surface area (Å²) in [5.41, 5.74) is 1.25. The molecule has 2 aromatic rings. The fourth-order valence-corrected chi connectivity index (χ4v) is 3.10. The second-order valence-corrected chi connectivity index (χ2v) is 5.22. The Morgan fingerprint density at radius 2 is 2.31 bits per heavy atom. The van der Waals surface area contributed by atoms with E-state index in [2.05, 4.69) is 34.5 Å². The van der Waals surface area contributed by atoms with E-state index in [9.17, 15) is 4.79 Å². The minimum absolute atomic E-state index is 0.221. The molecule has 3 rings (SSSR count). The van der Waals surface area contributed by atoms with Gasteiger partial charge in [0.2, 0.25) is 0 Å². The lowest BCUT2D eigenvalue weighted by Crippen LogP contribution is -2.19. The number of aldehydes is 1. The maximum absolute atomic E-state index is 10.7. The van der Waals surface area contributed by atoms with Crippen molar-refractivity contribution in [3.63, 3.8) is 0 Å². The van der Waals surface area contributed by atoms with Crippen LogP contribution in [0.2, 0.25) is 0 Å². The van der Waals surface area contributed by atoms with Crippen molar-refractivity contribution in [1.82, 2.24) is 0 Å². The summed E-state index contributed by atoms with van der Waals surface area (Å²) in [5, 5.41) is 3.42. The van der Waals surface area contributed by atoms with Crippen molar-refractivity contribution in [2.75, 3.05) is 18.0 Å². The average molecular weight is 231 g/mol. The maximum Gasteiger partial charge on any atom is 0.124 e. The fourth-order valence-electron chi connectivity index (χ4n) is 2.27. The average Bonchev–Trinajstić information content (AvgIpc) is 2.96. The fraction of sp³-hybridized carbons (Fsp3) is 0.308. The third-order valence-corrected chi connectivity index (χ3v) is 4.10. The first kappa shape index (κ1) is 9.85. The van der Waals surface area contributed by atoms with E-state index in [0.717, 1.165) is 25.8 Å². The second kappa shape index (κ2) is 3.91. The van der Waals surface area contributed by atoms with Gasteiger partial charge < -0.3 is 9.69 Å². The van der Waals surface area contributed by atoms with Crippen LogP contribution in [-0.2, 0) is 4.79 Å². The Morgan fingerprint density at radius 3 is 3.12 bits per heavy atom. The van der Waals surface area contributed by atoms with Crippen molar-refractivity contribution in [3.8, 4) is 0 Å². The molecule has 0 radical (unpaired) electrons. The summed E-state index contributed by atoms with van der Waals surface area (Å²) in [4.78, 5) is 13.0. The van der Waals surface area contributed by atoms with Crippen molar-refractivity contribution in [2.24, 2.45) is 5.92 Å². The third kappa shape index (κ3) is 1.61. The molecular weight excluding hydrogens is 218 g/mol. The quantitative estimate of drug-likeness (QED) is 0.741. The molecule has 1 aliphatic heterocycles. The lowest BCUT2D eigenvalue weighted by atomic mass is 10.1. The summed E-state index contributed by atoms with van der Waals surface area (Å²) in [5.74, 6) is 0.221. The summed E-state index contributed by atoms with van der Waals surface area (Å²) in [7, 11) is 0.